The topological polar surface area (TPSA) is 35.8 Å². The fourth-order valence-corrected chi connectivity index (χ4v) is 2.81. The molecule has 0 saturated heterocycles. The van der Waals surface area contributed by atoms with Gasteiger partial charge in [0, 0.05) is 17.2 Å². The zero-order chi connectivity index (χ0) is 14.9. The fourth-order valence-electron chi connectivity index (χ4n) is 1.96. The number of hydrogen-bond donors (Lipinski definition) is 1. The molecule has 1 N–H and O–H groups in total. The summed E-state index contributed by atoms with van der Waals surface area (Å²) in [6, 6.07) is 18.7. The number of hydrogen-bond acceptors (Lipinski definition) is 3. The number of nitriles is 1. The van der Waals surface area contributed by atoms with E-state index >= 15 is 0 Å². The van der Waals surface area contributed by atoms with Crippen LogP contribution in [0.4, 0.5) is 0 Å². The van der Waals surface area contributed by atoms with Crippen molar-refractivity contribution < 1.29 is 0 Å². The molecule has 2 aromatic rings. The van der Waals surface area contributed by atoms with Crippen LogP contribution in [-0.2, 0) is 12.3 Å². The lowest BCUT2D eigenvalue weighted by molar-refractivity contribution is 0.675. The Bertz CT molecular complexity index is 582. The second-order valence-corrected chi connectivity index (χ2v) is 5.97. The normalized spacial score (nSPS) is 10.3. The third-order valence-corrected chi connectivity index (χ3v) is 4.25. The van der Waals surface area contributed by atoms with Gasteiger partial charge in [0.15, 0.2) is 0 Å². The Morgan fingerprint density at radius 1 is 1.00 bits per heavy atom. The predicted octanol–water partition coefficient (Wildman–Crippen LogP) is 4.35. The van der Waals surface area contributed by atoms with E-state index in [9.17, 15) is 0 Å². The average Bonchev–Trinajstić information content (AvgIpc) is 2.55. The zero-order valence-corrected chi connectivity index (χ0v) is 13.1. The summed E-state index contributed by atoms with van der Waals surface area (Å²) in [5.41, 5.74) is 3.28. The maximum atomic E-state index is 8.78. The van der Waals surface area contributed by atoms with E-state index in [0.29, 0.717) is 5.56 Å². The quantitative estimate of drug-likeness (QED) is 0.609. The molecule has 0 aromatic heterocycles. The summed E-state index contributed by atoms with van der Waals surface area (Å²) in [7, 11) is 0. The van der Waals surface area contributed by atoms with Crippen molar-refractivity contribution in [1.29, 1.82) is 5.26 Å². The van der Waals surface area contributed by atoms with Crippen LogP contribution in [0.3, 0.4) is 0 Å². The van der Waals surface area contributed by atoms with Gasteiger partial charge in [-0.1, -0.05) is 31.2 Å². The Kier molecular flexibility index (Phi) is 6.33. The predicted molar refractivity (Wildman–Crippen MR) is 89.2 cm³/mol. The lowest BCUT2D eigenvalue weighted by Gasteiger charge is -2.06. The molecule has 0 bridgehead atoms. The Balaban J connectivity index is 1.84. The molecule has 21 heavy (non-hydrogen) atoms. The second-order valence-electron chi connectivity index (χ2n) is 4.92. The summed E-state index contributed by atoms with van der Waals surface area (Å²) >= 11 is 1.82. The molecular formula is C18H20N2S. The van der Waals surface area contributed by atoms with Gasteiger partial charge in [0.2, 0.25) is 0 Å². The first kappa shape index (κ1) is 15.6. The molecule has 0 aliphatic rings. The molecule has 2 nitrogen and oxygen atoms in total. The van der Waals surface area contributed by atoms with Crippen LogP contribution < -0.4 is 5.32 Å². The lowest BCUT2D eigenvalue weighted by atomic mass is 10.2. The molecule has 0 fully saturated rings. The Labute approximate surface area is 131 Å². The van der Waals surface area contributed by atoms with Gasteiger partial charge in [-0.2, -0.15) is 5.26 Å². The highest BCUT2D eigenvalue weighted by atomic mass is 32.2. The fraction of sp³-hybridized carbons (Fsp3) is 0.278. The number of nitrogens with zero attached hydrogens (tertiary/aromatic N) is 1. The molecule has 0 aliphatic heterocycles. The average molecular weight is 296 g/mol. The van der Waals surface area contributed by atoms with Crippen LogP contribution in [0.1, 0.15) is 30.0 Å². The smallest absolute Gasteiger partial charge is 0.0991 e. The third kappa shape index (κ3) is 5.26. The maximum Gasteiger partial charge on any atom is 0.0991 e. The van der Waals surface area contributed by atoms with Crippen LogP contribution in [0.15, 0.2) is 53.4 Å². The Hall–Kier alpha value is -1.76. The highest BCUT2D eigenvalue weighted by Crippen LogP contribution is 2.23. The van der Waals surface area contributed by atoms with Gasteiger partial charge < -0.3 is 5.32 Å². The summed E-state index contributed by atoms with van der Waals surface area (Å²) in [4.78, 5) is 1.28. The molecule has 0 spiro atoms. The van der Waals surface area contributed by atoms with Gasteiger partial charge in [-0.25, -0.2) is 0 Å². The molecule has 0 amide bonds. The molecule has 0 aliphatic carbocycles. The van der Waals surface area contributed by atoms with E-state index < -0.39 is 0 Å². The van der Waals surface area contributed by atoms with Crippen molar-refractivity contribution >= 4 is 11.8 Å². The molecule has 0 radical (unpaired) electrons. The maximum absolute atomic E-state index is 8.78. The van der Waals surface area contributed by atoms with E-state index in [-0.39, 0.29) is 0 Å². The minimum absolute atomic E-state index is 0.715. The van der Waals surface area contributed by atoms with Crippen molar-refractivity contribution in [2.45, 2.75) is 30.5 Å². The van der Waals surface area contributed by atoms with Gasteiger partial charge >= 0.3 is 0 Å². The highest BCUT2D eigenvalue weighted by Gasteiger charge is 1.98. The monoisotopic (exact) mass is 296 g/mol. The van der Waals surface area contributed by atoms with E-state index in [1.807, 2.05) is 36.0 Å². The lowest BCUT2D eigenvalue weighted by Crippen LogP contribution is -2.13. The summed E-state index contributed by atoms with van der Waals surface area (Å²) in [6.45, 7) is 4.18. The molecule has 0 unspecified atom stereocenters. The van der Waals surface area contributed by atoms with Crippen molar-refractivity contribution in [2.24, 2.45) is 0 Å². The first-order chi connectivity index (χ1) is 10.3. The van der Waals surface area contributed by atoms with Gasteiger partial charge in [0.1, 0.15) is 0 Å². The number of nitrogens with one attached hydrogen (secondary N) is 1. The van der Waals surface area contributed by atoms with Gasteiger partial charge in [0.05, 0.1) is 11.6 Å². The molecule has 0 heterocycles. The van der Waals surface area contributed by atoms with Crippen molar-refractivity contribution in [3.63, 3.8) is 0 Å². The third-order valence-electron chi connectivity index (χ3n) is 3.17. The molecular weight excluding hydrogens is 276 g/mol. The summed E-state index contributed by atoms with van der Waals surface area (Å²) in [5, 5.41) is 12.2. The molecule has 2 aromatic carbocycles. The van der Waals surface area contributed by atoms with E-state index in [2.05, 4.69) is 42.6 Å². The SMILES string of the molecule is CCCNCc1ccc(SCc2ccc(C#N)cc2)cc1. The van der Waals surface area contributed by atoms with E-state index in [1.165, 1.54) is 22.4 Å². The largest absolute Gasteiger partial charge is 0.313 e. The first-order valence-corrected chi connectivity index (χ1v) is 8.22. The van der Waals surface area contributed by atoms with Gasteiger partial charge in [-0.15, -0.1) is 11.8 Å². The van der Waals surface area contributed by atoms with Crippen LogP contribution in [0.2, 0.25) is 0 Å². The summed E-state index contributed by atoms with van der Waals surface area (Å²) < 4.78 is 0. The standard InChI is InChI=1S/C18H20N2S/c1-2-11-20-13-16-7-9-18(10-8-16)21-14-17-5-3-15(12-19)4-6-17/h3-10,20H,2,11,13-14H2,1H3. The van der Waals surface area contributed by atoms with Crippen LogP contribution in [0.5, 0.6) is 0 Å². The van der Waals surface area contributed by atoms with E-state index in [0.717, 1.165) is 18.8 Å². The van der Waals surface area contributed by atoms with Crippen LogP contribution in [0.25, 0.3) is 0 Å². The minimum atomic E-state index is 0.715. The van der Waals surface area contributed by atoms with Crippen LogP contribution >= 0.6 is 11.8 Å². The number of rotatable bonds is 7. The molecule has 0 saturated carbocycles. The van der Waals surface area contributed by atoms with Gasteiger partial charge in [-0.05, 0) is 48.4 Å². The zero-order valence-electron chi connectivity index (χ0n) is 12.3. The van der Waals surface area contributed by atoms with Crippen molar-refractivity contribution in [2.75, 3.05) is 6.54 Å². The molecule has 3 heteroatoms. The van der Waals surface area contributed by atoms with Crippen molar-refractivity contribution in [1.82, 2.24) is 5.32 Å². The first-order valence-electron chi connectivity index (χ1n) is 7.23. The van der Waals surface area contributed by atoms with Gasteiger partial charge in [-0.3, -0.25) is 0 Å². The van der Waals surface area contributed by atoms with Crippen molar-refractivity contribution in [3.8, 4) is 6.07 Å². The van der Waals surface area contributed by atoms with Crippen LogP contribution in [0, 0.1) is 11.3 Å². The van der Waals surface area contributed by atoms with Crippen molar-refractivity contribution in [3.05, 3.63) is 65.2 Å². The van der Waals surface area contributed by atoms with Gasteiger partial charge in [0.25, 0.3) is 0 Å². The van der Waals surface area contributed by atoms with Crippen LogP contribution in [-0.4, -0.2) is 6.54 Å². The van der Waals surface area contributed by atoms with E-state index in [1.54, 1.807) is 0 Å². The summed E-state index contributed by atoms with van der Waals surface area (Å²) in [6.07, 6.45) is 1.17. The highest BCUT2D eigenvalue weighted by molar-refractivity contribution is 7.98. The minimum Gasteiger partial charge on any atom is -0.313 e. The molecule has 0 atom stereocenters. The molecule has 108 valence electrons. The second kappa shape index (κ2) is 8.51. The number of benzene rings is 2. The summed E-state index contributed by atoms with van der Waals surface area (Å²) in [5.74, 6) is 0.930. The number of thioether (sulfide) groups is 1. The Morgan fingerprint density at radius 2 is 1.67 bits per heavy atom. The Morgan fingerprint density at radius 3 is 2.29 bits per heavy atom. The van der Waals surface area contributed by atoms with E-state index in [4.69, 9.17) is 5.26 Å². The molecule has 2 rings (SSSR count).